The van der Waals surface area contributed by atoms with Crippen LogP contribution in [0.4, 0.5) is 13.2 Å². The molecule has 0 saturated carbocycles. The van der Waals surface area contributed by atoms with Crippen LogP contribution >= 0.6 is 0 Å². The SMILES string of the molecule is C=C(C)C(=O)OCCC[n+]1ccn(CCCCCC)c1.O=S(=O)([O-])C(F)(F)F. The van der Waals surface area contributed by atoms with Crippen molar-refractivity contribution >= 4 is 16.1 Å². The molecule has 0 bridgehead atoms. The Morgan fingerprint density at radius 1 is 1.25 bits per heavy atom. The Kier molecular flexibility index (Phi) is 11.7. The maximum atomic E-state index is 11.2. The number of carbonyl (C=O) groups excluding carboxylic acids is 1. The van der Waals surface area contributed by atoms with Crippen LogP contribution < -0.4 is 4.57 Å². The smallest absolute Gasteiger partial charge is 0.485 e. The topological polar surface area (TPSA) is 92.3 Å². The molecule has 0 aliphatic heterocycles. The highest BCUT2D eigenvalue weighted by atomic mass is 32.2. The molecule has 1 aromatic rings. The van der Waals surface area contributed by atoms with Gasteiger partial charge < -0.3 is 9.29 Å². The zero-order chi connectivity index (χ0) is 21.8. The lowest BCUT2D eigenvalue weighted by molar-refractivity contribution is -0.697. The summed E-state index contributed by atoms with van der Waals surface area (Å²) in [5.41, 5.74) is -5.19. The van der Waals surface area contributed by atoms with Crippen LogP contribution in [-0.4, -0.2) is 35.6 Å². The summed E-state index contributed by atoms with van der Waals surface area (Å²) in [7, 11) is -6.09. The van der Waals surface area contributed by atoms with E-state index in [1.165, 1.54) is 25.7 Å². The van der Waals surface area contributed by atoms with Crippen molar-refractivity contribution in [3.8, 4) is 0 Å². The van der Waals surface area contributed by atoms with Gasteiger partial charge in [-0.1, -0.05) is 26.3 Å². The Hall–Kier alpha value is -1.88. The van der Waals surface area contributed by atoms with Crippen LogP contribution in [0.3, 0.4) is 0 Å². The number of aryl methyl sites for hydroxylation is 2. The second-order valence-electron chi connectivity index (χ2n) is 6.12. The first kappa shape index (κ1) is 26.1. The molecule has 0 amide bonds. The molecule has 0 fully saturated rings. The number of ether oxygens (including phenoxy) is 1. The molecule has 28 heavy (non-hydrogen) atoms. The lowest BCUT2D eigenvalue weighted by Crippen LogP contribution is -2.31. The van der Waals surface area contributed by atoms with Gasteiger partial charge in [-0.05, 0) is 19.8 Å². The van der Waals surface area contributed by atoms with E-state index >= 15 is 0 Å². The van der Waals surface area contributed by atoms with Gasteiger partial charge in [-0.3, -0.25) is 0 Å². The highest BCUT2D eigenvalue weighted by Crippen LogP contribution is 2.20. The third kappa shape index (κ3) is 11.8. The van der Waals surface area contributed by atoms with Crippen LogP contribution in [-0.2, 0) is 32.7 Å². The van der Waals surface area contributed by atoms with Crippen LogP contribution in [0.1, 0.15) is 46.0 Å². The number of hydrogen-bond donors (Lipinski definition) is 0. The van der Waals surface area contributed by atoms with Gasteiger partial charge in [-0.2, -0.15) is 13.2 Å². The molecule has 0 spiro atoms. The summed E-state index contributed by atoms with van der Waals surface area (Å²) in [6.45, 7) is 9.84. The molecule has 0 unspecified atom stereocenters. The lowest BCUT2D eigenvalue weighted by atomic mass is 10.2. The fourth-order valence-electron chi connectivity index (χ4n) is 1.96. The van der Waals surface area contributed by atoms with Gasteiger partial charge >= 0.3 is 11.5 Å². The van der Waals surface area contributed by atoms with Crippen molar-refractivity contribution in [2.24, 2.45) is 0 Å². The number of alkyl halides is 3. The molecule has 1 rings (SSSR count). The fourth-order valence-corrected chi connectivity index (χ4v) is 1.96. The molecule has 1 aromatic heterocycles. The maximum absolute atomic E-state index is 11.2. The summed E-state index contributed by atoms with van der Waals surface area (Å²) >= 11 is 0. The van der Waals surface area contributed by atoms with E-state index in [0.717, 1.165) is 19.5 Å². The number of carbonyl (C=O) groups is 1. The summed E-state index contributed by atoms with van der Waals surface area (Å²) in [6, 6.07) is 0. The van der Waals surface area contributed by atoms with Gasteiger partial charge in [0.2, 0.25) is 6.33 Å². The normalized spacial score (nSPS) is 11.5. The standard InChI is InChI=1S/C16H27N2O2.CHF3O3S/c1-4-5-6-7-9-17-11-12-18(14-17)10-8-13-20-16(19)15(2)3;2-1(3,4)8(5,6)7/h11-12,14H,2,4-10,13H2,1,3H3;(H,5,6,7)/q+1;/p-1. The first-order valence-electron chi connectivity index (χ1n) is 8.78. The minimum Gasteiger partial charge on any atom is -0.741 e. The van der Waals surface area contributed by atoms with Crippen LogP contribution in [0.15, 0.2) is 30.9 Å². The van der Waals surface area contributed by atoms with Gasteiger partial charge in [0.15, 0.2) is 10.1 Å². The molecular weight excluding hydrogens is 401 g/mol. The van der Waals surface area contributed by atoms with Crippen molar-refractivity contribution in [1.29, 1.82) is 0 Å². The first-order chi connectivity index (χ1) is 12.9. The fraction of sp³-hybridized carbons (Fsp3) is 0.647. The van der Waals surface area contributed by atoms with Gasteiger partial charge in [-0.15, -0.1) is 0 Å². The minimum absolute atomic E-state index is 0.302. The largest absolute Gasteiger partial charge is 0.741 e. The molecule has 0 aliphatic rings. The highest BCUT2D eigenvalue weighted by molar-refractivity contribution is 7.86. The predicted molar refractivity (Wildman–Crippen MR) is 94.9 cm³/mol. The van der Waals surface area contributed by atoms with E-state index in [1.807, 2.05) is 0 Å². The van der Waals surface area contributed by atoms with E-state index in [4.69, 9.17) is 17.7 Å². The first-order valence-corrected chi connectivity index (χ1v) is 10.2. The highest BCUT2D eigenvalue weighted by Gasteiger charge is 2.36. The number of aromatic nitrogens is 2. The van der Waals surface area contributed by atoms with E-state index in [0.29, 0.717) is 12.2 Å². The van der Waals surface area contributed by atoms with E-state index in [-0.39, 0.29) is 5.97 Å². The Morgan fingerprint density at radius 2 is 1.86 bits per heavy atom. The molecular formula is C17H27F3N2O5S. The van der Waals surface area contributed by atoms with Crippen molar-refractivity contribution in [2.45, 2.75) is 64.5 Å². The van der Waals surface area contributed by atoms with Gasteiger partial charge in [0.05, 0.1) is 19.7 Å². The number of unbranched alkanes of at least 4 members (excludes halogenated alkanes) is 3. The van der Waals surface area contributed by atoms with Crippen molar-refractivity contribution < 1.29 is 40.2 Å². The molecule has 7 nitrogen and oxygen atoms in total. The Morgan fingerprint density at radius 3 is 2.36 bits per heavy atom. The van der Waals surface area contributed by atoms with Crippen LogP contribution in [0.2, 0.25) is 0 Å². The molecule has 162 valence electrons. The minimum atomic E-state index is -6.09. The quantitative estimate of drug-likeness (QED) is 0.143. The summed E-state index contributed by atoms with van der Waals surface area (Å²) in [5.74, 6) is -0.302. The molecule has 0 saturated heterocycles. The number of halogens is 3. The molecule has 1 heterocycles. The Bertz CT molecular complexity index is 715. The molecule has 0 N–H and O–H groups in total. The van der Waals surface area contributed by atoms with E-state index in [9.17, 15) is 18.0 Å². The van der Waals surface area contributed by atoms with Gasteiger partial charge in [0.1, 0.15) is 12.4 Å². The second-order valence-corrected chi connectivity index (χ2v) is 7.49. The maximum Gasteiger partial charge on any atom is 0.485 e. The third-order valence-corrected chi connectivity index (χ3v) is 4.01. The molecule has 0 radical (unpaired) electrons. The van der Waals surface area contributed by atoms with Crippen LogP contribution in [0.5, 0.6) is 0 Å². The van der Waals surface area contributed by atoms with Gasteiger partial charge in [-0.25, -0.2) is 22.3 Å². The number of hydrogen-bond acceptors (Lipinski definition) is 5. The second kappa shape index (κ2) is 12.6. The van der Waals surface area contributed by atoms with Crippen LogP contribution in [0.25, 0.3) is 0 Å². The summed E-state index contributed by atoms with van der Waals surface area (Å²) in [4.78, 5) is 11.2. The Balaban J connectivity index is 0.000000769. The average molecular weight is 428 g/mol. The summed E-state index contributed by atoms with van der Waals surface area (Å²) in [5, 5.41) is 0. The summed E-state index contributed by atoms with van der Waals surface area (Å²) < 4.78 is 68.3. The predicted octanol–water partition coefficient (Wildman–Crippen LogP) is 2.92. The van der Waals surface area contributed by atoms with E-state index in [2.05, 4.69) is 41.4 Å². The van der Waals surface area contributed by atoms with Crippen LogP contribution in [0, 0.1) is 0 Å². The van der Waals surface area contributed by atoms with E-state index in [1.54, 1.807) is 6.92 Å². The van der Waals surface area contributed by atoms with Crippen molar-refractivity contribution in [2.75, 3.05) is 6.61 Å². The average Bonchev–Trinajstić information content (AvgIpc) is 3.02. The van der Waals surface area contributed by atoms with Gasteiger partial charge in [0.25, 0.3) is 0 Å². The third-order valence-electron chi connectivity index (χ3n) is 3.44. The lowest BCUT2D eigenvalue weighted by Gasteiger charge is -2.08. The van der Waals surface area contributed by atoms with Crippen molar-refractivity contribution in [3.63, 3.8) is 0 Å². The Labute approximate surface area is 163 Å². The van der Waals surface area contributed by atoms with E-state index < -0.39 is 15.6 Å². The monoisotopic (exact) mass is 428 g/mol. The number of nitrogens with zero attached hydrogens (tertiary/aromatic N) is 2. The zero-order valence-electron chi connectivity index (χ0n) is 16.1. The molecule has 0 atom stereocenters. The molecule has 11 heteroatoms. The zero-order valence-corrected chi connectivity index (χ0v) is 16.9. The number of imidazole rings is 1. The van der Waals surface area contributed by atoms with Crippen molar-refractivity contribution in [1.82, 2.24) is 4.57 Å². The van der Waals surface area contributed by atoms with Crippen molar-refractivity contribution in [3.05, 3.63) is 30.9 Å². The number of rotatable bonds is 10. The molecule has 0 aliphatic carbocycles. The molecule has 0 aromatic carbocycles. The van der Waals surface area contributed by atoms with Gasteiger partial charge in [0, 0.05) is 12.0 Å². The number of esters is 1. The summed E-state index contributed by atoms with van der Waals surface area (Å²) in [6.07, 6.45) is 12.2.